The highest BCUT2D eigenvalue weighted by Gasteiger charge is 2.05. The molecule has 3 heteroatoms. The van der Waals surface area contributed by atoms with E-state index in [1.807, 2.05) is 6.92 Å². The van der Waals surface area contributed by atoms with E-state index in [0.29, 0.717) is 6.42 Å². The van der Waals surface area contributed by atoms with E-state index in [9.17, 15) is 4.79 Å². The normalized spacial score (nSPS) is 13.0. The Balaban J connectivity index is 3.25. The van der Waals surface area contributed by atoms with Crippen LogP contribution in [0.1, 0.15) is 26.2 Å². The smallest absolute Gasteiger partial charge is 0.303 e. The standard InChI is InChI=1S/C7H14O3/c1-6(3-2-4-8)5-7(9)10/h6,8H,2-5H2,1H3,(H,9,10)/t6-/m0/s1. The van der Waals surface area contributed by atoms with E-state index in [0.717, 1.165) is 6.42 Å². The van der Waals surface area contributed by atoms with Crippen LogP contribution in [0.4, 0.5) is 0 Å². The van der Waals surface area contributed by atoms with Crippen LogP contribution >= 0.6 is 0 Å². The lowest BCUT2D eigenvalue weighted by Crippen LogP contribution is -2.04. The molecule has 0 aromatic heterocycles. The summed E-state index contributed by atoms with van der Waals surface area (Å²) >= 11 is 0. The van der Waals surface area contributed by atoms with E-state index in [-0.39, 0.29) is 18.9 Å². The molecule has 0 fully saturated rings. The zero-order valence-corrected chi connectivity index (χ0v) is 6.21. The van der Waals surface area contributed by atoms with Crippen molar-refractivity contribution in [3.8, 4) is 0 Å². The van der Waals surface area contributed by atoms with Crippen LogP contribution in [-0.4, -0.2) is 22.8 Å². The second kappa shape index (κ2) is 5.23. The maximum Gasteiger partial charge on any atom is 0.303 e. The van der Waals surface area contributed by atoms with E-state index in [2.05, 4.69) is 0 Å². The summed E-state index contributed by atoms with van der Waals surface area (Å²) in [5.74, 6) is -0.574. The van der Waals surface area contributed by atoms with E-state index >= 15 is 0 Å². The molecule has 0 unspecified atom stereocenters. The SMILES string of the molecule is C[C@@H](CCCO)CC(=O)O. The highest BCUT2D eigenvalue weighted by atomic mass is 16.4. The molecule has 1 atom stereocenters. The fraction of sp³-hybridized carbons (Fsp3) is 0.857. The van der Waals surface area contributed by atoms with Gasteiger partial charge in [-0.2, -0.15) is 0 Å². The van der Waals surface area contributed by atoms with Crippen LogP contribution in [0.2, 0.25) is 0 Å². The number of hydrogen-bond acceptors (Lipinski definition) is 2. The van der Waals surface area contributed by atoms with Gasteiger partial charge in [-0.15, -0.1) is 0 Å². The van der Waals surface area contributed by atoms with Gasteiger partial charge < -0.3 is 10.2 Å². The Labute approximate surface area is 60.7 Å². The van der Waals surface area contributed by atoms with Gasteiger partial charge >= 0.3 is 5.97 Å². The Morgan fingerprint density at radius 2 is 2.20 bits per heavy atom. The largest absolute Gasteiger partial charge is 0.481 e. The average Bonchev–Trinajstić information content (AvgIpc) is 1.82. The average molecular weight is 146 g/mol. The number of aliphatic hydroxyl groups excluding tert-OH is 1. The second-order valence-electron chi connectivity index (χ2n) is 2.57. The van der Waals surface area contributed by atoms with Gasteiger partial charge in [0.15, 0.2) is 0 Å². The summed E-state index contributed by atoms with van der Waals surface area (Å²) in [7, 11) is 0. The number of rotatable bonds is 5. The molecular formula is C7H14O3. The van der Waals surface area contributed by atoms with Crippen molar-refractivity contribution in [3.63, 3.8) is 0 Å². The lowest BCUT2D eigenvalue weighted by atomic mass is 10.0. The van der Waals surface area contributed by atoms with Gasteiger partial charge in [0.2, 0.25) is 0 Å². The number of carboxylic acid groups (broad SMARTS) is 1. The summed E-state index contributed by atoms with van der Waals surface area (Å²) in [4.78, 5) is 10.1. The van der Waals surface area contributed by atoms with Crippen molar-refractivity contribution in [3.05, 3.63) is 0 Å². The van der Waals surface area contributed by atoms with Gasteiger partial charge in [-0.3, -0.25) is 4.79 Å². The molecule has 3 nitrogen and oxygen atoms in total. The lowest BCUT2D eigenvalue weighted by Gasteiger charge is -2.05. The molecule has 60 valence electrons. The van der Waals surface area contributed by atoms with E-state index in [4.69, 9.17) is 10.2 Å². The molecule has 0 rings (SSSR count). The Morgan fingerprint density at radius 1 is 1.60 bits per heavy atom. The molecule has 0 aromatic carbocycles. The van der Waals surface area contributed by atoms with Gasteiger partial charge in [-0.05, 0) is 18.8 Å². The van der Waals surface area contributed by atoms with Crippen molar-refractivity contribution < 1.29 is 15.0 Å². The first-order chi connectivity index (χ1) is 4.66. The molecule has 0 aliphatic heterocycles. The minimum atomic E-state index is -0.759. The Hall–Kier alpha value is -0.570. The first-order valence-corrected chi connectivity index (χ1v) is 3.49. The van der Waals surface area contributed by atoms with Crippen molar-refractivity contribution in [2.24, 2.45) is 5.92 Å². The van der Waals surface area contributed by atoms with Crippen molar-refractivity contribution in [1.29, 1.82) is 0 Å². The second-order valence-corrected chi connectivity index (χ2v) is 2.57. The van der Waals surface area contributed by atoms with Crippen LogP contribution in [0.5, 0.6) is 0 Å². The first kappa shape index (κ1) is 9.43. The summed E-state index contributed by atoms with van der Waals surface area (Å²) in [5, 5.41) is 16.7. The van der Waals surface area contributed by atoms with Crippen LogP contribution in [0.15, 0.2) is 0 Å². The van der Waals surface area contributed by atoms with Gasteiger partial charge in [0.1, 0.15) is 0 Å². The van der Waals surface area contributed by atoms with Crippen LogP contribution in [-0.2, 0) is 4.79 Å². The molecule has 0 saturated carbocycles. The zero-order valence-electron chi connectivity index (χ0n) is 6.21. The monoisotopic (exact) mass is 146 g/mol. The third-order valence-electron chi connectivity index (χ3n) is 1.38. The summed E-state index contributed by atoms with van der Waals surface area (Å²) in [5.41, 5.74) is 0. The van der Waals surface area contributed by atoms with Crippen molar-refractivity contribution in [2.45, 2.75) is 26.2 Å². The molecule has 0 aromatic rings. The van der Waals surface area contributed by atoms with E-state index in [1.54, 1.807) is 0 Å². The number of aliphatic carboxylic acids is 1. The molecule has 0 aliphatic rings. The Morgan fingerprint density at radius 3 is 2.60 bits per heavy atom. The zero-order chi connectivity index (χ0) is 7.98. The lowest BCUT2D eigenvalue weighted by molar-refractivity contribution is -0.138. The van der Waals surface area contributed by atoms with Gasteiger partial charge in [0.25, 0.3) is 0 Å². The van der Waals surface area contributed by atoms with Gasteiger partial charge in [0, 0.05) is 13.0 Å². The fourth-order valence-electron chi connectivity index (χ4n) is 0.840. The summed E-state index contributed by atoms with van der Waals surface area (Å²) in [6.45, 7) is 2.04. The summed E-state index contributed by atoms with van der Waals surface area (Å²) in [6.07, 6.45) is 1.71. The number of hydrogen-bond donors (Lipinski definition) is 2. The molecule has 0 spiro atoms. The number of carboxylic acids is 1. The molecule has 2 N–H and O–H groups in total. The Bertz CT molecular complexity index is 101. The molecule has 0 radical (unpaired) electrons. The first-order valence-electron chi connectivity index (χ1n) is 3.49. The third kappa shape index (κ3) is 5.56. The number of aliphatic hydroxyl groups is 1. The highest BCUT2D eigenvalue weighted by molar-refractivity contribution is 5.66. The fourth-order valence-corrected chi connectivity index (χ4v) is 0.840. The topological polar surface area (TPSA) is 57.5 Å². The molecule has 0 bridgehead atoms. The minimum Gasteiger partial charge on any atom is -0.481 e. The molecule has 0 aliphatic carbocycles. The predicted molar refractivity (Wildman–Crippen MR) is 37.7 cm³/mol. The van der Waals surface area contributed by atoms with Crippen molar-refractivity contribution in [1.82, 2.24) is 0 Å². The predicted octanol–water partition coefficient (Wildman–Crippen LogP) is 0.870. The molecular weight excluding hydrogens is 132 g/mol. The van der Waals surface area contributed by atoms with E-state index < -0.39 is 5.97 Å². The van der Waals surface area contributed by atoms with Crippen molar-refractivity contribution >= 4 is 5.97 Å². The van der Waals surface area contributed by atoms with Gasteiger partial charge in [-0.25, -0.2) is 0 Å². The third-order valence-corrected chi connectivity index (χ3v) is 1.38. The molecule has 0 heterocycles. The molecule has 0 saturated heterocycles. The Kier molecular flexibility index (Phi) is 4.94. The van der Waals surface area contributed by atoms with Gasteiger partial charge in [0.05, 0.1) is 0 Å². The highest BCUT2D eigenvalue weighted by Crippen LogP contribution is 2.08. The van der Waals surface area contributed by atoms with Crippen molar-refractivity contribution in [2.75, 3.05) is 6.61 Å². The molecule has 10 heavy (non-hydrogen) atoms. The van der Waals surface area contributed by atoms with Gasteiger partial charge in [-0.1, -0.05) is 6.92 Å². The summed E-state index contributed by atoms with van der Waals surface area (Å²) < 4.78 is 0. The quantitative estimate of drug-likeness (QED) is 0.605. The van der Waals surface area contributed by atoms with Crippen LogP contribution in [0.3, 0.4) is 0 Å². The van der Waals surface area contributed by atoms with Crippen LogP contribution in [0, 0.1) is 5.92 Å². The maximum atomic E-state index is 10.1. The maximum absolute atomic E-state index is 10.1. The number of carbonyl (C=O) groups is 1. The van der Waals surface area contributed by atoms with Crippen LogP contribution in [0.25, 0.3) is 0 Å². The molecule has 0 amide bonds. The minimum absolute atomic E-state index is 0.157. The van der Waals surface area contributed by atoms with E-state index in [1.165, 1.54) is 0 Å². The summed E-state index contributed by atoms with van der Waals surface area (Å²) in [6, 6.07) is 0. The van der Waals surface area contributed by atoms with Crippen LogP contribution < -0.4 is 0 Å².